The van der Waals surface area contributed by atoms with Crippen LogP contribution < -0.4 is 5.32 Å². The lowest BCUT2D eigenvalue weighted by molar-refractivity contribution is -0.140. The van der Waals surface area contributed by atoms with Gasteiger partial charge in [-0.15, -0.1) is 0 Å². The van der Waals surface area contributed by atoms with E-state index in [4.69, 9.17) is 5.11 Å². The van der Waals surface area contributed by atoms with Crippen molar-refractivity contribution in [3.63, 3.8) is 0 Å². The number of carboxylic acid groups (broad SMARTS) is 1. The smallest absolute Gasteiger partial charge is 0.327 e. The Morgan fingerprint density at radius 1 is 1.30 bits per heavy atom. The maximum Gasteiger partial charge on any atom is 0.327 e. The lowest BCUT2D eigenvalue weighted by Gasteiger charge is -2.13. The molecule has 2 N–H and O–H groups in total. The number of amides is 1. The van der Waals surface area contributed by atoms with Gasteiger partial charge in [-0.3, -0.25) is 4.79 Å². The predicted octanol–water partition coefficient (Wildman–Crippen LogP) is 0.953. The standard InChI is InChI=1S/C12H14BrNO5S/c1-8(15)14-11(12(16)17)7-20(18,19)6-9-2-4-10(13)5-3-9/h2-5,11H,6-7H2,1H3,(H,14,15)(H,16,17). The molecule has 0 aliphatic carbocycles. The second kappa shape index (κ2) is 6.85. The number of nitrogens with one attached hydrogen (secondary N) is 1. The summed E-state index contributed by atoms with van der Waals surface area (Å²) in [4.78, 5) is 21.8. The molecule has 20 heavy (non-hydrogen) atoms. The minimum Gasteiger partial charge on any atom is -0.480 e. The van der Waals surface area contributed by atoms with Crippen LogP contribution in [0.2, 0.25) is 0 Å². The quantitative estimate of drug-likeness (QED) is 0.783. The van der Waals surface area contributed by atoms with E-state index >= 15 is 0 Å². The van der Waals surface area contributed by atoms with E-state index in [0.29, 0.717) is 5.56 Å². The number of aliphatic carboxylic acids is 1. The van der Waals surface area contributed by atoms with Gasteiger partial charge in [-0.25, -0.2) is 13.2 Å². The van der Waals surface area contributed by atoms with Gasteiger partial charge in [-0.2, -0.15) is 0 Å². The molecule has 0 fully saturated rings. The summed E-state index contributed by atoms with van der Waals surface area (Å²) < 4.78 is 24.7. The Hall–Kier alpha value is -1.41. The van der Waals surface area contributed by atoms with Crippen molar-refractivity contribution in [1.29, 1.82) is 0 Å². The largest absolute Gasteiger partial charge is 0.480 e. The molecule has 110 valence electrons. The fraction of sp³-hybridized carbons (Fsp3) is 0.333. The van der Waals surface area contributed by atoms with Crippen molar-refractivity contribution in [2.24, 2.45) is 0 Å². The first-order chi connectivity index (χ1) is 9.19. The van der Waals surface area contributed by atoms with E-state index in [9.17, 15) is 18.0 Å². The third kappa shape index (κ3) is 5.70. The van der Waals surface area contributed by atoms with E-state index < -0.39 is 33.5 Å². The molecule has 1 unspecified atom stereocenters. The van der Waals surface area contributed by atoms with Crippen LogP contribution in [0.4, 0.5) is 0 Å². The van der Waals surface area contributed by atoms with Crippen molar-refractivity contribution in [2.75, 3.05) is 5.75 Å². The number of carboxylic acids is 1. The Morgan fingerprint density at radius 2 is 1.85 bits per heavy atom. The van der Waals surface area contributed by atoms with Gasteiger partial charge in [0.1, 0.15) is 6.04 Å². The molecule has 1 aromatic rings. The lowest BCUT2D eigenvalue weighted by Crippen LogP contribution is -2.44. The molecule has 1 amide bonds. The van der Waals surface area contributed by atoms with Gasteiger partial charge in [0.05, 0.1) is 11.5 Å². The third-order valence-corrected chi connectivity index (χ3v) is 4.54. The topological polar surface area (TPSA) is 101 Å². The second-order valence-corrected chi connectivity index (χ2v) is 7.30. The summed E-state index contributed by atoms with van der Waals surface area (Å²) in [6.07, 6.45) is 0. The van der Waals surface area contributed by atoms with Crippen LogP contribution in [0.1, 0.15) is 12.5 Å². The van der Waals surface area contributed by atoms with Gasteiger partial charge in [0, 0.05) is 11.4 Å². The van der Waals surface area contributed by atoms with Crippen LogP contribution in [0.15, 0.2) is 28.7 Å². The Labute approximate surface area is 125 Å². The summed E-state index contributed by atoms with van der Waals surface area (Å²) in [6.45, 7) is 1.14. The normalized spacial score (nSPS) is 12.7. The molecule has 0 aromatic heterocycles. The Balaban J connectivity index is 2.79. The molecule has 0 spiro atoms. The molecule has 0 radical (unpaired) electrons. The average Bonchev–Trinajstić information content (AvgIpc) is 2.30. The third-order valence-electron chi connectivity index (χ3n) is 2.40. The molecule has 6 nitrogen and oxygen atoms in total. The molecule has 0 bridgehead atoms. The predicted molar refractivity (Wildman–Crippen MR) is 76.9 cm³/mol. The number of hydrogen-bond acceptors (Lipinski definition) is 4. The van der Waals surface area contributed by atoms with Crippen molar-refractivity contribution in [3.05, 3.63) is 34.3 Å². The van der Waals surface area contributed by atoms with E-state index in [-0.39, 0.29) is 5.75 Å². The van der Waals surface area contributed by atoms with Gasteiger partial charge in [-0.05, 0) is 17.7 Å². The van der Waals surface area contributed by atoms with Crippen molar-refractivity contribution in [3.8, 4) is 0 Å². The highest BCUT2D eigenvalue weighted by molar-refractivity contribution is 9.10. The van der Waals surface area contributed by atoms with Crippen LogP contribution in [0.3, 0.4) is 0 Å². The van der Waals surface area contributed by atoms with E-state index in [1.54, 1.807) is 24.3 Å². The number of hydrogen-bond donors (Lipinski definition) is 2. The maximum absolute atomic E-state index is 12.0. The first-order valence-electron chi connectivity index (χ1n) is 5.64. The molecule has 0 aliphatic rings. The summed E-state index contributed by atoms with van der Waals surface area (Å²) >= 11 is 3.24. The summed E-state index contributed by atoms with van der Waals surface area (Å²) in [5.41, 5.74) is 0.556. The first kappa shape index (κ1) is 16.6. The highest BCUT2D eigenvalue weighted by atomic mass is 79.9. The maximum atomic E-state index is 12.0. The SMILES string of the molecule is CC(=O)NC(CS(=O)(=O)Cc1ccc(Br)cc1)C(=O)O. The molecule has 0 aliphatic heterocycles. The molecular formula is C12H14BrNO5S. The molecule has 1 atom stereocenters. The van der Waals surface area contributed by atoms with Gasteiger partial charge < -0.3 is 10.4 Å². The van der Waals surface area contributed by atoms with Crippen LogP contribution in [-0.2, 0) is 25.2 Å². The van der Waals surface area contributed by atoms with Crippen molar-refractivity contribution >= 4 is 37.6 Å². The number of carbonyl (C=O) groups excluding carboxylic acids is 1. The Morgan fingerprint density at radius 3 is 2.30 bits per heavy atom. The second-order valence-electron chi connectivity index (χ2n) is 4.27. The molecular weight excluding hydrogens is 350 g/mol. The van der Waals surface area contributed by atoms with Crippen LogP contribution >= 0.6 is 15.9 Å². The molecule has 0 saturated heterocycles. The zero-order valence-corrected chi connectivity index (χ0v) is 13.1. The summed E-state index contributed by atoms with van der Waals surface area (Å²) in [6, 6.07) is 5.24. The molecule has 1 rings (SSSR count). The fourth-order valence-corrected chi connectivity index (χ4v) is 3.38. The van der Waals surface area contributed by atoms with E-state index in [2.05, 4.69) is 21.2 Å². The Kier molecular flexibility index (Phi) is 5.70. The molecule has 8 heteroatoms. The molecule has 1 aromatic carbocycles. The van der Waals surface area contributed by atoms with Gasteiger partial charge in [0.25, 0.3) is 0 Å². The molecule has 0 heterocycles. The van der Waals surface area contributed by atoms with Crippen LogP contribution in [0, 0.1) is 0 Å². The van der Waals surface area contributed by atoms with Crippen LogP contribution in [0.25, 0.3) is 0 Å². The number of sulfone groups is 1. The number of benzene rings is 1. The van der Waals surface area contributed by atoms with Crippen molar-refractivity contribution in [2.45, 2.75) is 18.7 Å². The van der Waals surface area contributed by atoms with Gasteiger partial charge >= 0.3 is 5.97 Å². The zero-order chi connectivity index (χ0) is 15.3. The number of rotatable bonds is 6. The number of carbonyl (C=O) groups is 2. The van der Waals surface area contributed by atoms with E-state index in [1.807, 2.05) is 0 Å². The minimum atomic E-state index is -3.65. The number of halogens is 1. The van der Waals surface area contributed by atoms with E-state index in [1.165, 1.54) is 0 Å². The van der Waals surface area contributed by atoms with Crippen LogP contribution in [-0.4, -0.2) is 37.2 Å². The highest BCUT2D eigenvalue weighted by Gasteiger charge is 2.26. The summed E-state index contributed by atoms with van der Waals surface area (Å²) in [5.74, 6) is -2.88. The van der Waals surface area contributed by atoms with Crippen LogP contribution in [0.5, 0.6) is 0 Å². The minimum absolute atomic E-state index is 0.274. The zero-order valence-electron chi connectivity index (χ0n) is 10.7. The molecule has 0 saturated carbocycles. The first-order valence-corrected chi connectivity index (χ1v) is 8.26. The van der Waals surface area contributed by atoms with Gasteiger partial charge in [0.15, 0.2) is 9.84 Å². The van der Waals surface area contributed by atoms with Crippen molar-refractivity contribution < 1.29 is 23.1 Å². The summed E-state index contributed by atoms with van der Waals surface area (Å²) in [5, 5.41) is 11.0. The highest BCUT2D eigenvalue weighted by Crippen LogP contribution is 2.13. The lowest BCUT2D eigenvalue weighted by atomic mass is 10.2. The van der Waals surface area contributed by atoms with Crippen molar-refractivity contribution in [1.82, 2.24) is 5.32 Å². The Bertz CT molecular complexity index is 597. The fourth-order valence-electron chi connectivity index (χ4n) is 1.57. The van der Waals surface area contributed by atoms with Gasteiger partial charge in [-0.1, -0.05) is 28.1 Å². The summed E-state index contributed by atoms with van der Waals surface area (Å²) in [7, 11) is -3.65. The average molecular weight is 364 g/mol. The van der Waals surface area contributed by atoms with E-state index in [0.717, 1.165) is 11.4 Å². The van der Waals surface area contributed by atoms with Gasteiger partial charge in [0.2, 0.25) is 5.91 Å². The monoisotopic (exact) mass is 363 g/mol.